The Morgan fingerprint density at radius 3 is 2.75 bits per heavy atom. The number of imidazole rings is 1. The average molecular weight is 312 g/mol. The van der Waals surface area contributed by atoms with Gasteiger partial charge in [0.1, 0.15) is 5.52 Å². The third-order valence-corrected chi connectivity index (χ3v) is 6.56. The van der Waals surface area contributed by atoms with E-state index in [1.807, 2.05) is 18.1 Å². The molecule has 0 spiro atoms. The van der Waals surface area contributed by atoms with Crippen molar-refractivity contribution in [3.05, 3.63) is 11.5 Å². The first kappa shape index (κ1) is 13.9. The van der Waals surface area contributed by atoms with Crippen molar-refractivity contribution in [3.8, 4) is 0 Å². The van der Waals surface area contributed by atoms with E-state index >= 15 is 0 Å². The highest BCUT2D eigenvalue weighted by Crippen LogP contribution is 2.51. The summed E-state index contributed by atoms with van der Waals surface area (Å²) >= 11 is 8.08. The van der Waals surface area contributed by atoms with E-state index in [9.17, 15) is 0 Å². The van der Waals surface area contributed by atoms with Crippen molar-refractivity contribution in [2.24, 2.45) is 11.8 Å². The Morgan fingerprint density at radius 1 is 1.35 bits per heavy atom. The van der Waals surface area contributed by atoms with Gasteiger partial charge in [0.25, 0.3) is 0 Å². The average Bonchev–Trinajstić information content (AvgIpc) is 2.93. The molecule has 0 bridgehead atoms. The van der Waals surface area contributed by atoms with Crippen LogP contribution in [-0.2, 0) is 0 Å². The van der Waals surface area contributed by atoms with Crippen molar-refractivity contribution in [2.45, 2.75) is 37.8 Å². The maximum atomic E-state index is 6.09. The lowest BCUT2D eigenvalue weighted by atomic mass is 9.92. The predicted octanol–water partition coefficient (Wildman–Crippen LogP) is 3.36. The number of aromatic nitrogens is 4. The molecule has 2 aromatic rings. The van der Waals surface area contributed by atoms with E-state index in [-0.39, 0.29) is 5.95 Å². The van der Waals surface area contributed by atoms with Gasteiger partial charge in [-0.05, 0) is 18.3 Å². The molecule has 7 heteroatoms. The number of fused-ring (bicyclic) bond motifs is 1. The van der Waals surface area contributed by atoms with Crippen molar-refractivity contribution < 1.29 is 0 Å². The number of rotatable bonds is 2. The van der Waals surface area contributed by atoms with Crippen LogP contribution >= 0.6 is 23.4 Å². The van der Waals surface area contributed by atoms with Gasteiger partial charge in [0, 0.05) is 5.25 Å². The van der Waals surface area contributed by atoms with E-state index < -0.39 is 0 Å². The van der Waals surface area contributed by atoms with Gasteiger partial charge in [-0.25, -0.2) is 4.98 Å². The van der Waals surface area contributed by atoms with Crippen LogP contribution in [0.5, 0.6) is 0 Å². The van der Waals surface area contributed by atoms with Gasteiger partial charge in [0.05, 0.1) is 11.7 Å². The summed E-state index contributed by atoms with van der Waals surface area (Å²) in [7, 11) is 0. The Kier molecular flexibility index (Phi) is 3.54. The molecule has 0 aliphatic carbocycles. The summed E-state index contributed by atoms with van der Waals surface area (Å²) in [4.78, 5) is 12.6. The van der Waals surface area contributed by atoms with E-state index in [1.54, 1.807) is 0 Å². The first-order valence-corrected chi connectivity index (χ1v) is 8.16. The molecule has 0 unspecified atom stereocenters. The molecule has 2 N–H and O–H groups in total. The summed E-state index contributed by atoms with van der Waals surface area (Å²) in [5.74, 6) is 1.42. The van der Waals surface area contributed by atoms with E-state index in [1.165, 1.54) is 6.42 Å². The zero-order chi connectivity index (χ0) is 14.4. The summed E-state index contributed by atoms with van der Waals surface area (Å²) in [5.41, 5.74) is 7.07. The van der Waals surface area contributed by atoms with Gasteiger partial charge in [-0.3, -0.25) is 0 Å². The lowest BCUT2D eigenvalue weighted by Crippen LogP contribution is -2.15. The van der Waals surface area contributed by atoms with Gasteiger partial charge in [0.2, 0.25) is 5.95 Å². The molecule has 4 atom stereocenters. The predicted molar refractivity (Wildman–Crippen MR) is 83.8 cm³/mol. The van der Waals surface area contributed by atoms with Crippen LogP contribution in [0.4, 0.5) is 5.95 Å². The van der Waals surface area contributed by atoms with Crippen molar-refractivity contribution in [1.82, 2.24) is 19.5 Å². The molecule has 5 nitrogen and oxygen atoms in total. The molecule has 2 aromatic heterocycles. The molecule has 3 rings (SSSR count). The lowest BCUT2D eigenvalue weighted by Gasteiger charge is -2.18. The van der Waals surface area contributed by atoms with Gasteiger partial charge >= 0.3 is 0 Å². The van der Waals surface area contributed by atoms with E-state index in [0.29, 0.717) is 33.1 Å². The summed E-state index contributed by atoms with van der Waals surface area (Å²) in [5, 5.41) is 1.31. The van der Waals surface area contributed by atoms with Crippen molar-refractivity contribution in [1.29, 1.82) is 0 Å². The Bertz CT molecular complexity index is 643. The van der Waals surface area contributed by atoms with Crippen LogP contribution in [-0.4, -0.2) is 24.8 Å². The number of anilines is 1. The van der Waals surface area contributed by atoms with Crippen LogP contribution in [0.2, 0.25) is 5.15 Å². The third kappa shape index (κ3) is 2.05. The molecule has 1 aliphatic heterocycles. The largest absolute Gasteiger partial charge is 0.368 e. The highest BCUT2D eigenvalue weighted by molar-refractivity contribution is 8.00. The quantitative estimate of drug-likeness (QED) is 0.861. The zero-order valence-corrected chi connectivity index (χ0v) is 13.3. The second-order valence-corrected chi connectivity index (χ2v) is 7.11. The van der Waals surface area contributed by atoms with Gasteiger partial charge in [0.15, 0.2) is 10.8 Å². The number of nitrogens with two attached hydrogens (primary N) is 1. The molecule has 108 valence electrons. The Morgan fingerprint density at radius 2 is 2.10 bits per heavy atom. The lowest BCUT2D eigenvalue weighted by molar-refractivity contribution is 0.356. The molecule has 0 saturated carbocycles. The van der Waals surface area contributed by atoms with Gasteiger partial charge in [-0.15, -0.1) is 11.8 Å². The molecule has 0 radical (unpaired) electrons. The van der Waals surface area contributed by atoms with E-state index in [0.717, 1.165) is 5.65 Å². The van der Waals surface area contributed by atoms with Gasteiger partial charge in [-0.1, -0.05) is 32.4 Å². The number of thioether (sulfide) groups is 1. The number of halogens is 1. The minimum absolute atomic E-state index is 0.194. The number of nitrogens with zero attached hydrogens (tertiary/aromatic N) is 4. The summed E-state index contributed by atoms with van der Waals surface area (Å²) in [6, 6.07) is 0. The van der Waals surface area contributed by atoms with Crippen molar-refractivity contribution in [3.63, 3.8) is 0 Å². The van der Waals surface area contributed by atoms with Crippen molar-refractivity contribution in [2.75, 3.05) is 5.73 Å². The molecule has 1 aliphatic rings. The third-order valence-electron chi connectivity index (χ3n) is 4.25. The normalized spacial score (nSPS) is 30.2. The Labute approximate surface area is 127 Å². The number of hydrogen-bond donors (Lipinski definition) is 1. The topological polar surface area (TPSA) is 69.6 Å². The molecule has 1 saturated heterocycles. The number of nitrogen functional groups attached to an aromatic ring is 1. The fraction of sp³-hybridized carbons (Fsp3) is 0.615. The smallest absolute Gasteiger partial charge is 0.223 e. The van der Waals surface area contributed by atoms with Crippen LogP contribution in [0, 0.1) is 11.8 Å². The van der Waals surface area contributed by atoms with Crippen LogP contribution in [0.1, 0.15) is 32.6 Å². The Balaban J connectivity index is 2.07. The van der Waals surface area contributed by atoms with Gasteiger partial charge < -0.3 is 10.3 Å². The number of hydrogen-bond acceptors (Lipinski definition) is 5. The molecule has 20 heavy (non-hydrogen) atoms. The van der Waals surface area contributed by atoms with Crippen LogP contribution in [0.3, 0.4) is 0 Å². The maximum absolute atomic E-state index is 6.09. The van der Waals surface area contributed by atoms with Gasteiger partial charge in [-0.2, -0.15) is 9.97 Å². The fourth-order valence-corrected chi connectivity index (χ4v) is 4.94. The summed E-state index contributed by atoms with van der Waals surface area (Å²) < 4.78 is 2.10. The van der Waals surface area contributed by atoms with Crippen molar-refractivity contribution >= 4 is 40.5 Å². The summed E-state index contributed by atoms with van der Waals surface area (Å²) in [6.45, 7) is 6.85. The fourth-order valence-electron chi connectivity index (χ4n) is 2.90. The molecule has 3 heterocycles. The van der Waals surface area contributed by atoms with Crippen LogP contribution in [0.15, 0.2) is 6.33 Å². The van der Waals surface area contributed by atoms with E-state index in [4.69, 9.17) is 17.3 Å². The van der Waals surface area contributed by atoms with Crippen LogP contribution < -0.4 is 5.73 Å². The minimum Gasteiger partial charge on any atom is -0.368 e. The highest BCUT2D eigenvalue weighted by atomic mass is 35.5. The van der Waals surface area contributed by atoms with E-state index in [2.05, 4.69) is 40.3 Å². The molecular weight excluding hydrogens is 294 g/mol. The standard InChI is InChI=1S/C13H18ClN5S/c1-4-8-6(2)7(3)12(20-8)19-5-16-9-10(14)17-13(15)18-11(9)19/h5-8,12H,4H2,1-3H3,(H2,15,17,18)/t6-,7+,8+,12+/m0/s1. The minimum atomic E-state index is 0.194. The molecular formula is C13H18ClN5S. The second kappa shape index (κ2) is 5.07. The first-order valence-electron chi connectivity index (χ1n) is 6.84. The molecule has 0 amide bonds. The maximum Gasteiger partial charge on any atom is 0.223 e. The van der Waals surface area contributed by atoms with Crippen LogP contribution in [0.25, 0.3) is 11.2 Å². The molecule has 0 aromatic carbocycles. The first-order chi connectivity index (χ1) is 9.52. The second-order valence-electron chi connectivity index (χ2n) is 5.39. The zero-order valence-electron chi connectivity index (χ0n) is 11.7. The highest BCUT2D eigenvalue weighted by Gasteiger charge is 2.39. The SMILES string of the molecule is CC[C@H]1S[C@@H](n2cnc3c(Cl)nc(N)nc32)[C@H](C)[C@@H]1C. The monoisotopic (exact) mass is 311 g/mol. The Hall–Kier alpha value is -1.01. The molecule has 1 fully saturated rings. The summed E-state index contributed by atoms with van der Waals surface area (Å²) in [6.07, 6.45) is 2.99.